The number of nitrogens with one attached hydrogen (secondary N) is 3. The maximum atomic E-state index is 16.8. The lowest BCUT2D eigenvalue weighted by Crippen LogP contribution is -2.69. The molecule has 1 aliphatic heterocycles. The highest BCUT2D eigenvalue weighted by molar-refractivity contribution is 6.29. The third-order valence-corrected chi connectivity index (χ3v) is 7.24. The minimum atomic E-state index is -5.87. The molecule has 5 rings (SSSR count). The highest BCUT2D eigenvalue weighted by atomic mass is 19.4. The Morgan fingerprint density at radius 3 is 2.06 bits per heavy atom. The van der Waals surface area contributed by atoms with Gasteiger partial charge in [-0.1, -0.05) is 42.0 Å². The van der Waals surface area contributed by atoms with Crippen LogP contribution in [0.25, 0.3) is 17.0 Å². The second-order valence-corrected chi connectivity index (χ2v) is 10.4. The number of halogens is 8. The summed E-state index contributed by atoms with van der Waals surface area (Å²) in [5.74, 6) is -8.34. The number of H-pyrrole nitrogens is 1. The minimum Gasteiger partial charge on any atom is -0.493 e. The topological polar surface area (TPSA) is 122 Å². The van der Waals surface area contributed by atoms with E-state index in [1.165, 1.54) is 41.7 Å². The first kappa shape index (κ1) is 33.0. The minimum absolute atomic E-state index is 0.00267. The van der Waals surface area contributed by atoms with Crippen LogP contribution in [0.4, 0.5) is 40.8 Å². The van der Waals surface area contributed by atoms with Crippen LogP contribution in [0, 0.1) is 6.92 Å². The van der Waals surface area contributed by atoms with Crippen LogP contribution in [0.2, 0.25) is 0 Å². The summed E-state index contributed by atoms with van der Waals surface area (Å²) in [6.45, 7) is 0.715. The molecule has 3 N–H and O–H groups in total. The van der Waals surface area contributed by atoms with Crippen LogP contribution in [0.3, 0.4) is 0 Å². The fraction of sp³-hybridized carbons (Fsp3) is 0.233. The van der Waals surface area contributed by atoms with Crippen molar-refractivity contribution in [3.63, 3.8) is 0 Å². The van der Waals surface area contributed by atoms with Gasteiger partial charge in [-0.15, -0.1) is 10.2 Å². The average molecular weight is 667 g/mol. The summed E-state index contributed by atoms with van der Waals surface area (Å²) in [5.41, 5.74) is -7.86. The van der Waals surface area contributed by atoms with Crippen LogP contribution in [-0.2, 0) is 15.1 Å². The third kappa shape index (κ3) is 6.37. The molecular weight excluding hydrogens is 644 g/mol. The first-order valence-corrected chi connectivity index (χ1v) is 13.6. The number of aryl methyl sites for hydroxylation is 1. The molecule has 0 saturated carbocycles. The van der Waals surface area contributed by atoms with E-state index in [1.54, 1.807) is 6.92 Å². The van der Waals surface area contributed by atoms with Gasteiger partial charge in [0, 0.05) is 16.8 Å². The van der Waals surface area contributed by atoms with Crippen LogP contribution >= 0.6 is 0 Å². The Kier molecular flexibility index (Phi) is 8.51. The molecule has 1 aliphatic rings. The van der Waals surface area contributed by atoms with Gasteiger partial charge < -0.3 is 15.4 Å². The Bertz CT molecular complexity index is 1790. The highest BCUT2D eigenvalue weighted by Crippen LogP contribution is 2.57. The zero-order valence-electron chi connectivity index (χ0n) is 23.9. The fourth-order valence-corrected chi connectivity index (χ4v) is 4.96. The Hall–Kier alpha value is -5.35. The molecule has 9 nitrogen and oxygen atoms in total. The monoisotopic (exact) mass is 666 g/mol. The molecule has 0 saturated heterocycles. The summed E-state index contributed by atoms with van der Waals surface area (Å²) in [7, 11) is 0. The van der Waals surface area contributed by atoms with E-state index in [0.29, 0.717) is 23.3 Å². The van der Waals surface area contributed by atoms with Gasteiger partial charge >= 0.3 is 18.3 Å². The summed E-state index contributed by atoms with van der Waals surface area (Å²) in [6.07, 6.45) is -11.8. The molecule has 0 fully saturated rings. The van der Waals surface area contributed by atoms with E-state index in [0.717, 1.165) is 24.3 Å². The van der Waals surface area contributed by atoms with Gasteiger partial charge in [0.15, 0.2) is 0 Å². The molecule has 246 valence electrons. The second-order valence-electron chi connectivity index (χ2n) is 10.4. The molecule has 47 heavy (non-hydrogen) atoms. The molecule has 17 heteroatoms. The number of aromatic amines is 1. The quantitative estimate of drug-likeness (QED) is 0.154. The summed E-state index contributed by atoms with van der Waals surface area (Å²) < 4.78 is 121. The number of carbonyl (C=O) groups excluding carboxylic acids is 2. The van der Waals surface area contributed by atoms with Gasteiger partial charge in [-0.25, -0.2) is 0 Å². The Morgan fingerprint density at radius 1 is 0.894 bits per heavy atom. The normalized spacial score (nSPS) is 18.1. The van der Waals surface area contributed by atoms with Crippen molar-refractivity contribution in [1.29, 1.82) is 0 Å². The predicted molar refractivity (Wildman–Crippen MR) is 150 cm³/mol. The number of amides is 2. The summed E-state index contributed by atoms with van der Waals surface area (Å²) in [5, 5.41) is 16.9. The molecule has 0 bridgehead atoms. The van der Waals surface area contributed by atoms with Gasteiger partial charge in [0.25, 0.3) is 11.8 Å². The molecule has 1 atom stereocenters. The number of alkyl halides is 8. The van der Waals surface area contributed by atoms with E-state index in [1.807, 2.05) is 0 Å². The van der Waals surface area contributed by atoms with Crippen molar-refractivity contribution in [2.75, 3.05) is 11.9 Å². The van der Waals surface area contributed by atoms with E-state index >= 15 is 8.78 Å². The molecule has 0 spiro atoms. The zero-order valence-corrected chi connectivity index (χ0v) is 23.9. The number of ether oxygens (including phenoxy) is 1. The number of hydrogen-bond acceptors (Lipinski definition) is 6. The van der Waals surface area contributed by atoms with Crippen molar-refractivity contribution in [2.24, 2.45) is 0 Å². The van der Waals surface area contributed by atoms with Crippen LogP contribution in [0.15, 0.2) is 78.4 Å². The molecule has 2 amide bonds. The molecule has 3 aromatic carbocycles. The summed E-state index contributed by atoms with van der Waals surface area (Å²) >= 11 is 0. The van der Waals surface area contributed by atoms with Crippen molar-refractivity contribution in [3.05, 3.63) is 95.1 Å². The lowest BCUT2D eigenvalue weighted by Gasteiger charge is -2.46. The Balaban J connectivity index is 1.59. The number of aromatic nitrogens is 4. The predicted octanol–water partition coefficient (Wildman–Crippen LogP) is 6.12. The van der Waals surface area contributed by atoms with E-state index in [4.69, 9.17) is 4.74 Å². The van der Waals surface area contributed by atoms with Gasteiger partial charge in [-0.05, 0) is 59.7 Å². The lowest BCUT2D eigenvalue weighted by molar-refractivity contribution is -0.255. The van der Waals surface area contributed by atoms with Crippen molar-refractivity contribution in [1.82, 2.24) is 25.9 Å². The van der Waals surface area contributed by atoms with Gasteiger partial charge in [-0.3, -0.25) is 9.59 Å². The Morgan fingerprint density at radius 2 is 1.51 bits per heavy atom. The molecule has 2 heterocycles. The van der Waals surface area contributed by atoms with Gasteiger partial charge in [0.1, 0.15) is 11.3 Å². The zero-order chi connectivity index (χ0) is 34.2. The van der Waals surface area contributed by atoms with Crippen LogP contribution in [0.5, 0.6) is 5.75 Å². The highest BCUT2D eigenvalue weighted by Gasteiger charge is 2.75. The third-order valence-electron chi connectivity index (χ3n) is 7.24. The van der Waals surface area contributed by atoms with Crippen molar-refractivity contribution >= 4 is 23.1 Å². The number of hydrogen-bond donors (Lipinski definition) is 3. The number of carbonyl (C=O) groups is 2. The number of benzene rings is 3. The largest absolute Gasteiger partial charge is 0.493 e. The molecule has 4 aromatic rings. The molecule has 0 aliphatic carbocycles. The smallest absolute Gasteiger partial charge is 0.422 e. The average Bonchev–Trinajstić information content (AvgIpc) is 3.53. The SMILES string of the molecule is Cc1ccc(C2=C(C(=O)Nc3ccc(-c4nn[nH]n4)cc3)C(=O)NC(c3ccc(OCCC(F)(F)F)cc3)(C(F)(F)F)C2(F)F)cc1. The standard InChI is InChI=1S/C30H22F8N6O3/c1-16-2-4-17(5-3-16)23-22(25(45)39-20-10-6-18(7-11-20)24-41-43-44-42-24)26(46)40-28(29(23,34)35,30(36,37)38)19-8-12-21(13-9-19)47-15-14-27(31,32)33/h2-13H,14-15H2,1H3,(H,39,45)(H,40,46)(H,41,42,43,44). The van der Waals surface area contributed by atoms with Gasteiger partial charge in [-0.2, -0.15) is 40.3 Å². The molecule has 1 aromatic heterocycles. The number of nitrogens with zero attached hydrogens (tertiary/aromatic N) is 3. The number of rotatable bonds is 8. The molecule has 0 radical (unpaired) electrons. The van der Waals surface area contributed by atoms with Gasteiger partial charge in [0.2, 0.25) is 11.4 Å². The summed E-state index contributed by atoms with van der Waals surface area (Å²) in [4.78, 5) is 27.0. The van der Waals surface area contributed by atoms with E-state index in [9.17, 15) is 35.9 Å². The molecular formula is C30H22F8N6O3. The maximum Gasteiger partial charge on any atom is 0.422 e. The van der Waals surface area contributed by atoms with Crippen molar-refractivity contribution in [3.8, 4) is 17.1 Å². The lowest BCUT2D eigenvalue weighted by atomic mass is 9.73. The first-order valence-electron chi connectivity index (χ1n) is 13.6. The Labute approximate surface area is 260 Å². The van der Waals surface area contributed by atoms with E-state index < -0.39 is 70.9 Å². The maximum absolute atomic E-state index is 16.8. The van der Waals surface area contributed by atoms with Crippen LogP contribution in [0.1, 0.15) is 23.1 Å². The van der Waals surface area contributed by atoms with E-state index in [-0.39, 0.29) is 17.3 Å². The van der Waals surface area contributed by atoms with E-state index in [2.05, 4.69) is 25.9 Å². The van der Waals surface area contributed by atoms with Crippen molar-refractivity contribution < 1.29 is 49.4 Å². The van der Waals surface area contributed by atoms with Crippen molar-refractivity contribution in [2.45, 2.75) is 37.2 Å². The fourth-order valence-electron chi connectivity index (χ4n) is 4.96. The number of anilines is 1. The molecule has 1 unspecified atom stereocenters. The van der Waals surface area contributed by atoms with Crippen LogP contribution < -0.4 is 15.4 Å². The second kappa shape index (κ2) is 12.1. The summed E-state index contributed by atoms with van der Waals surface area (Å²) in [6, 6.07) is 13.0. The van der Waals surface area contributed by atoms with Gasteiger partial charge in [0.05, 0.1) is 13.0 Å². The number of tetrazole rings is 1. The van der Waals surface area contributed by atoms with Crippen LogP contribution in [-0.4, -0.2) is 57.3 Å². The first-order chi connectivity index (χ1) is 22.0.